The molecule has 3 N–H and O–H groups in total. The van der Waals surface area contributed by atoms with Crippen molar-refractivity contribution in [1.82, 2.24) is 10.3 Å². The van der Waals surface area contributed by atoms with Gasteiger partial charge in [0.2, 0.25) is 0 Å². The lowest BCUT2D eigenvalue weighted by Gasteiger charge is -2.30. The maximum atomic E-state index is 12.1. The van der Waals surface area contributed by atoms with Gasteiger partial charge in [-0.2, -0.15) is 5.26 Å². The maximum absolute atomic E-state index is 12.1. The summed E-state index contributed by atoms with van der Waals surface area (Å²) in [4.78, 5) is 14.2. The SMILES string of the molecule is N#CCCN(C1CC1)C(C(=O)NN)c1ccccc1. The zero-order chi connectivity index (χ0) is 13.7. The number of amides is 1. The van der Waals surface area contributed by atoms with Crippen LogP contribution in [0.1, 0.15) is 30.9 Å². The molecule has 19 heavy (non-hydrogen) atoms. The van der Waals surface area contributed by atoms with Gasteiger partial charge in [0, 0.05) is 19.0 Å². The lowest BCUT2D eigenvalue weighted by Crippen LogP contribution is -2.44. The van der Waals surface area contributed by atoms with Gasteiger partial charge < -0.3 is 0 Å². The van der Waals surface area contributed by atoms with Crippen molar-refractivity contribution in [2.75, 3.05) is 6.54 Å². The summed E-state index contributed by atoms with van der Waals surface area (Å²) < 4.78 is 0. The van der Waals surface area contributed by atoms with Crippen LogP contribution < -0.4 is 11.3 Å². The molecular formula is C14H18N4O. The van der Waals surface area contributed by atoms with E-state index in [1.54, 1.807) is 0 Å². The Bertz CT molecular complexity index is 464. The number of benzene rings is 1. The predicted octanol–water partition coefficient (Wildman–Crippen LogP) is 1.10. The fraction of sp³-hybridized carbons (Fsp3) is 0.429. The van der Waals surface area contributed by atoms with E-state index in [2.05, 4.69) is 16.4 Å². The minimum absolute atomic E-state index is 0.226. The van der Waals surface area contributed by atoms with Crippen LogP contribution in [0.3, 0.4) is 0 Å². The summed E-state index contributed by atoms with van der Waals surface area (Å²) >= 11 is 0. The number of nitrogens with two attached hydrogens (primary N) is 1. The summed E-state index contributed by atoms with van der Waals surface area (Å²) in [5.41, 5.74) is 3.15. The summed E-state index contributed by atoms with van der Waals surface area (Å²) in [6, 6.07) is 11.7. The molecule has 1 aliphatic rings. The normalized spacial score (nSPS) is 15.8. The Morgan fingerprint density at radius 2 is 2.16 bits per heavy atom. The highest BCUT2D eigenvalue weighted by molar-refractivity contribution is 5.82. The lowest BCUT2D eigenvalue weighted by atomic mass is 10.0. The number of nitriles is 1. The van der Waals surface area contributed by atoms with Crippen LogP contribution in [-0.4, -0.2) is 23.4 Å². The Kier molecular flexibility index (Phi) is 4.50. The quantitative estimate of drug-likeness (QED) is 0.454. The highest BCUT2D eigenvalue weighted by Gasteiger charge is 2.37. The third-order valence-corrected chi connectivity index (χ3v) is 3.34. The molecule has 0 radical (unpaired) electrons. The molecule has 1 atom stereocenters. The Hall–Kier alpha value is -1.90. The monoisotopic (exact) mass is 258 g/mol. The van der Waals surface area contributed by atoms with Gasteiger partial charge in [-0.15, -0.1) is 0 Å². The van der Waals surface area contributed by atoms with E-state index in [0.29, 0.717) is 19.0 Å². The van der Waals surface area contributed by atoms with E-state index in [-0.39, 0.29) is 5.91 Å². The molecule has 0 bridgehead atoms. The molecule has 5 nitrogen and oxygen atoms in total. The van der Waals surface area contributed by atoms with Crippen LogP contribution >= 0.6 is 0 Å². The first-order valence-corrected chi connectivity index (χ1v) is 6.46. The van der Waals surface area contributed by atoms with Gasteiger partial charge in [0.1, 0.15) is 6.04 Å². The summed E-state index contributed by atoms with van der Waals surface area (Å²) in [6.45, 7) is 0.591. The number of rotatable bonds is 6. The topological polar surface area (TPSA) is 82.2 Å². The van der Waals surface area contributed by atoms with Crippen molar-refractivity contribution in [1.29, 1.82) is 5.26 Å². The summed E-state index contributed by atoms with van der Waals surface area (Å²) in [5, 5.41) is 8.76. The molecule has 0 saturated heterocycles. The summed E-state index contributed by atoms with van der Waals surface area (Å²) in [7, 11) is 0. The molecule has 1 saturated carbocycles. The van der Waals surface area contributed by atoms with Crippen LogP contribution in [0.4, 0.5) is 0 Å². The van der Waals surface area contributed by atoms with E-state index in [4.69, 9.17) is 11.1 Å². The standard InChI is InChI=1S/C14H18N4O/c15-9-4-10-18(12-7-8-12)13(14(19)17-16)11-5-2-1-3-6-11/h1-3,5-6,12-13H,4,7-8,10,16H2,(H,17,19). The fourth-order valence-electron chi connectivity index (χ4n) is 2.32. The van der Waals surface area contributed by atoms with E-state index >= 15 is 0 Å². The lowest BCUT2D eigenvalue weighted by molar-refractivity contribution is -0.127. The van der Waals surface area contributed by atoms with Gasteiger partial charge in [0.15, 0.2) is 0 Å². The first-order chi connectivity index (χ1) is 9.27. The van der Waals surface area contributed by atoms with Gasteiger partial charge in [-0.3, -0.25) is 15.1 Å². The third-order valence-electron chi connectivity index (χ3n) is 3.34. The van der Waals surface area contributed by atoms with Crippen molar-refractivity contribution in [2.45, 2.75) is 31.3 Å². The van der Waals surface area contributed by atoms with Gasteiger partial charge in [-0.05, 0) is 18.4 Å². The zero-order valence-electron chi connectivity index (χ0n) is 10.7. The maximum Gasteiger partial charge on any atom is 0.255 e. The molecule has 1 amide bonds. The number of carbonyl (C=O) groups is 1. The molecule has 1 unspecified atom stereocenters. The van der Waals surface area contributed by atoms with Gasteiger partial charge in [0.05, 0.1) is 6.07 Å². The molecule has 100 valence electrons. The first kappa shape index (κ1) is 13.5. The Balaban J connectivity index is 2.25. The van der Waals surface area contributed by atoms with Crippen molar-refractivity contribution in [2.24, 2.45) is 5.84 Å². The minimum Gasteiger partial charge on any atom is -0.293 e. The Morgan fingerprint density at radius 1 is 1.47 bits per heavy atom. The fourth-order valence-corrected chi connectivity index (χ4v) is 2.32. The Morgan fingerprint density at radius 3 is 2.68 bits per heavy atom. The number of nitrogens with zero attached hydrogens (tertiary/aromatic N) is 2. The van der Waals surface area contributed by atoms with E-state index in [9.17, 15) is 4.79 Å². The van der Waals surface area contributed by atoms with Gasteiger partial charge in [-0.1, -0.05) is 30.3 Å². The number of nitrogens with one attached hydrogen (secondary N) is 1. The highest BCUT2D eigenvalue weighted by atomic mass is 16.2. The third kappa shape index (κ3) is 3.31. The van der Waals surface area contributed by atoms with Crippen molar-refractivity contribution < 1.29 is 4.79 Å². The van der Waals surface area contributed by atoms with E-state index < -0.39 is 6.04 Å². The number of hydrogen-bond acceptors (Lipinski definition) is 4. The molecule has 2 rings (SSSR count). The van der Waals surface area contributed by atoms with Crippen LogP contribution in [0.2, 0.25) is 0 Å². The summed E-state index contributed by atoms with van der Waals surface area (Å²) in [6.07, 6.45) is 2.57. The minimum atomic E-state index is -0.410. The average Bonchev–Trinajstić information content (AvgIpc) is 3.28. The molecule has 1 aromatic carbocycles. The van der Waals surface area contributed by atoms with Gasteiger partial charge in [0.25, 0.3) is 5.91 Å². The molecule has 0 aromatic heterocycles. The molecular weight excluding hydrogens is 240 g/mol. The second-order valence-corrected chi connectivity index (χ2v) is 4.70. The Labute approximate surface area is 113 Å². The van der Waals surface area contributed by atoms with Crippen molar-refractivity contribution >= 4 is 5.91 Å². The van der Waals surface area contributed by atoms with E-state index in [0.717, 1.165) is 18.4 Å². The van der Waals surface area contributed by atoms with Gasteiger partial charge in [-0.25, -0.2) is 5.84 Å². The van der Waals surface area contributed by atoms with Gasteiger partial charge >= 0.3 is 0 Å². The smallest absolute Gasteiger partial charge is 0.255 e. The first-order valence-electron chi connectivity index (χ1n) is 6.46. The van der Waals surface area contributed by atoms with Crippen LogP contribution in [0.15, 0.2) is 30.3 Å². The second kappa shape index (κ2) is 6.32. The molecule has 0 aliphatic heterocycles. The molecule has 1 aromatic rings. The zero-order valence-corrected chi connectivity index (χ0v) is 10.7. The molecule has 5 heteroatoms. The largest absolute Gasteiger partial charge is 0.293 e. The number of hydrogen-bond donors (Lipinski definition) is 2. The molecule has 0 heterocycles. The van der Waals surface area contributed by atoms with Crippen molar-refractivity contribution in [3.05, 3.63) is 35.9 Å². The molecule has 1 fully saturated rings. The van der Waals surface area contributed by atoms with E-state index in [1.165, 1.54) is 0 Å². The van der Waals surface area contributed by atoms with Crippen molar-refractivity contribution in [3.63, 3.8) is 0 Å². The predicted molar refractivity (Wildman–Crippen MR) is 71.5 cm³/mol. The van der Waals surface area contributed by atoms with Crippen LogP contribution in [0, 0.1) is 11.3 Å². The molecule has 1 aliphatic carbocycles. The molecule has 0 spiro atoms. The highest BCUT2D eigenvalue weighted by Crippen LogP contribution is 2.34. The number of hydrazine groups is 1. The average molecular weight is 258 g/mol. The summed E-state index contributed by atoms with van der Waals surface area (Å²) in [5.74, 6) is 5.08. The van der Waals surface area contributed by atoms with Crippen LogP contribution in [0.25, 0.3) is 0 Å². The van der Waals surface area contributed by atoms with Crippen LogP contribution in [0.5, 0.6) is 0 Å². The number of carbonyl (C=O) groups excluding carboxylic acids is 1. The van der Waals surface area contributed by atoms with E-state index in [1.807, 2.05) is 30.3 Å². The second-order valence-electron chi connectivity index (χ2n) is 4.70. The van der Waals surface area contributed by atoms with Crippen LogP contribution in [-0.2, 0) is 4.79 Å². The van der Waals surface area contributed by atoms with Crippen molar-refractivity contribution in [3.8, 4) is 6.07 Å².